The Morgan fingerprint density at radius 1 is 0.957 bits per heavy atom. The highest BCUT2D eigenvalue weighted by molar-refractivity contribution is 5.72. The average molecular weight is 304 g/mol. The van der Waals surface area contributed by atoms with Gasteiger partial charge in [-0.1, -0.05) is 41.6 Å². The first-order valence-corrected chi connectivity index (χ1v) is 7.04. The van der Waals surface area contributed by atoms with E-state index in [-0.39, 0.29) is 11.1 Å². The van der Waals surface area contributed by atoms with Crippen molar-refractivity contribution >= 4 is 22.8 Å². The number of para-hydroxylation sites is 2. The predicted octanol–water partition coefficient (Wildman–Crippen LogP) is 2.25. The third-order valence-corrected chi connectivity index (χ3v) is 3.35. The van der Waals surface area contributed by atoms with Gasteiger partial charge in [0.2, 0.25) is 5.95 Å². The van der Waals surface area contributed by atoms with Gasteiger partial charge in [0.05, 0.1) is 5.69 Å². The maximum absolute atomic E-state index is 12.2. The molecule has 23 heavy (non-hydrogen) atoms. The summed E-state index contributed by atoms with van der Waals surface area (Å²) in [5.41, 5.74) is 1.88. The van der Waals surface area contributed by atoms with Crippen molar-refractivity contribution in [1.29, 1.82) is 0 Å². The lowest BCUT2D eigenvalue weighted by Gasteiger charge is -2.05. The van der Waals surface area contributed by atoms with E-state index < -0.39 is 0 Å². The minimum atomic E-state index is -0.337. The summed E-state index contributed by atoms with van der Waals surface area (Å²) >= 11 is 0. The fourth-order valence-corrected chi connectivity index (χ4v) is 2.29. The Kier molecular flexibility index (Phi) is 3.09. The molecule has 2 N–H and O–H groups in total. The standard InChI is InChI=1S/C16H12N6O/c23-15-13-14(22(21-20-13)12-9-5-2-6-10-12)18-16(19-15)17-11-7-3-1-4-8-11/h1-10H,(H2,17,18,19,23). The topological polar surface area (TPSA) is 88.5 Å². The van der Waals surface area contributed by atoms with E-state index in [1.54, 1.807) is 4.68 Å². The molecule has 112 valence electrons. The van der Waals surface area contributed by atoms with Crippen LogP contribution in [0.25, 0.3) is 16.9 Å². The largest absolute Gasteiger partial charge is 0.326 e. The lowest BCUT2D eigenvalue weighted by molar-refractivity contribution is 0.817. The van der Waals surface area contributed by atoms with Gasteiger partial charge < -0.3 is 5.32 Å². The monoisotopic (exact) mass is 304 g/mol. The summed E-state index contributed by atoms with van der Waals surface area (Å²) < 4.78 is 1.54. The molecule has 0 unspecified atom stereocenters. The third kappa shape index (κ3) is 2.44. The van der Waals surface area contributed by atoms with Gasteiger partial charge >= 0.3 is 0 Å². The first-order chi connectivity index (χ1) is 11.3. The van der Waals surface area contributed by atoms with Gasteiger partial charge in [-0.25, -0.2) is 0 Å². The zero-order valence-electron chi connectivity index (χ0n) is 12.0. The summed E-state index contributed by atoms with van der Waals surface area (Å²) in [5, 5.41) is 11.0. The molecule has 0 saturated carbocycles. The van der Waals surface area contributed by atoms with Gasteiger partial charge in [0.15, 0.2) is 11.2 Å². The number of rotatable bonds is 3. The van der Waals surface area contributed by atoms with E-state index in [1.165, 1.54) is 0 Å². The van der Waals surface area contributed by atoms with Crippen molar-refractivity contribution in [2.24, 2.45) is 0 Å². The number of H-pyrrole nitrogens is 1. The maximum atomic E-state index is 12.2. The molecule has 0 spiro atoms. The van der Waals surface area contributed by atoms with Crippen molar-refractivity contribution in [1.82, 2.24) is 25.0 Å². The van der Waals surface area contributed by atoms with Crippen molar-refractivity contribution in [2.45, 2.75) is 0 Å². The number of fused-ring (bicyclic) bond motifs is 1. The summed E-state index contributed by atoms with van der Waals surface area (Å²) in [6.07, 6.45) is 0. The third-order valence-electron chi connectivity index (χ3n) is 3.35. The maximum Gasteiger partial charge on any atom is 0.282 e. The van der Waals surface area contributed by atoms with Crippen LogP contribution in [0.1, 0.15) is 0 Å². The van der Waals surface area contributed by atoms with Crippen LogP contribution in [-0.2, 0) is 0 Å². The number of benzene rings is 2. The van der Waals surface area contributed by atoms with Crippen LogP contribution in [0.15, 0.2) is 65.5 Å². The minimum Gasteiger partial charge on any atom is -0.326 e. The van der Waals surface area contributed by atoms with Crippen molar-refractivity contribution in [3.63, 3.8) is 0 Å². The number of nitrogens with one attached hydrogen (secondary N) is 2. The van der Waals surface area contributed by atoms with E-state index in [0.717, 1.165) is 11.4 Å². The van der Waals surface area contributed by atoms with E-state index >= 15 is 0 Å². The Balaban J connectivity index is 1.84. The second kappa shape index (κ2) is 5.38. The summed E-state index contributed by atoms with van der Waals surface area (Å²) in [4.78, 5) is 19.3. The van der Waals surface area contributed by atoms with E-state index in [9.17, 15) is 4.79 Å². The molecule has 0 aliphatic carbocycles. The fourth-order valence-electron chi connectivity index (χ4n) is 2.29. The minimum absolute atomic E-state index is 0.201. The second-order valence-corrected chi connectivity index (χ2v) is 4.91. The van der Waals surface area contributed by atoms with Crippen LogP contribution in [-0.4, -0.2) is 25.0 Å². The van der Waals surface area contributed by atoms with Crippen molar-refractivity contribution in [3.05, 3.63) is 71.0 Å². The number of aromatic nitrogens is 5. The molecule has 2 aromatic heterocycles. The van der Waals surface area contributed by atoms with Gasteiger partial charge in [-0.2, -0.15) is 9.67 Å². The molecular weight excluding hydrogens is 292 g/mol. The molecule has 0 aliphatic rings. The molecule has 4 rings (SSSR count). The van der Waals surface area contributed by atoms with Crippen LogP contribution in [0, 0.1) is 0 Å². The summed E-state index contributed by atoms with van der Waals surface area (Å²) in [6, 6.07) is 18.9. The number of hydrogen-bond acceptors (Lipinski definition) is 5. The highest BCUT2D eigenvalue weighted by Gasteiger charge is 2.13. The summed E-state index contributed by atoms with van der Waals surface area (Å²) in [7, 11) is 0. The lowest BCUT2D eigenvalue weighted by Crippen LogP contribution is -2.12. The Morgan fingerprint density at radius 3 is 2.39 bits per heavy atom. The lowest BCUT2D eigenvalue weighted by atomic mass is 10.3. The Labute approximate surface area is 130 Å². The van der Waals surface area contributed by atoms with Crippen LogP contribution < -0.4 is 10.9 Å². The second-order valence-electron chi connectivity index (χ2n) is 4.91. The van der Waals surface area contributed by atoms with Crippen LogP contribution >= 0.6 is 0 Å². The van der Waals surface area contributed by atoms with Crippen LogP contribution in [0.5, 0.6) is 0 Å². The SMILES string of the molecule is O=c1[nH]c(Nc2ccccc2)nc2c1nnn2-c1ccccc1. The van der Waals surface area contributed by atoms with Crippen LogP contribution in [0.4, 0.5) is 11.6 Å². The molecule has 7 nitrogen and oxygen atoms in total. The first kappa shape index (κ1) is 13.2. The molecule has 0 saturated heterocycles. The Hall–Kier alpha value is -3.48. The van der Waals surface area contributed by atoms with Gasteiger partial charge in [0.25, 0.3) is 5.56 Å². The van der Waals surface area contributed by atoms with Gasteiger partial charge in [-0.15, -0.1) is 5.10 Å². The molecule has 0 aliphatic heterocycles. The van der Waals surface area contributed by atoms with E-state index in [0.29, 0.717) is 11.6 Å². The van der Waals surface area contributed by atoms with Gasteiger partial charge in [0.1, 0.15) is 0 Å². The average Bonchev–Trinajstić information content (AvgIpc) is 3.01. The smallest absolute Gasteiger partial charge is 0.282 e. The molecule has 0 atom stereocenters. The van der Waals surface area contributed by atoms with Gasteiger partial charge in [0, 0.05) is 5.69 Å². The fraction of sp³-hybridized carbons (Fsp3) is 0. The quantitative estimate of drug-likeness (QED) is 0.606. The molecule has 2 aromatic carbocycles. The number of hydrogen-bond donors (Lipinski definition) is 2. The van der Waals surface area contributed by atoms with Gasteiger partial charge in [-0.05, 0) is 24.3 Å². The van der Waals surface area contributed by atoms with Crippen LogP contribution in [0.2, 0.25) is 0 Å². The molecule has 7 heteroatoms. The summed E-state index contributed by atoms with van der Waals surface area (Å²) in [6.45, 7) is 0. The van der Waals surface area contributed by atoms with E-state index in [2.05, 4.69) is 25.6 Å². The number of nitrogens with zero attached hydrogens (tertiary/aromatic N) is 4. The van der Waals surface area contributed by atoms with Crippen molar-refractivity contribution in [2.75, 3.05) is 5.32 Å². The normalized spacial score (nSPS) is 10.8. The zero-order chi connectivity index (χ0) is 15.6. The van der Waals surface area contributed by atoms with Crippen molar-refractivity contribution < 1.29 is 0 Å². The van der Waals surface area contributed by atoms with Gasteiger partial charge in [-0.3, -0.25) is 9.78 Å². The molecule has 4 aromatic rings. The summed E-state index contributed by atoms with van der Waals surface area (Å²) in [5.74, 6) is 0.341. The zero-order valence-corrected chi connectivity index (χ0v) is 12.0. The molecule has 0 radical (unpaired) electrons. The molecule has 0 bridgehead atoms. The Morgan fingerprint density at radius 2 is 1.65 bits per heavy atom. The predicted molar refractivity (Wildman–Crippen MR) is 87.0 cm³/mol. The van der Waals surface area contributed by atoms with Crippen molar-refractivity contribution in [3.8, 4) is 5.69 Å². The van der Waals surface area contributed by atoms with E-state index in [4.69, 9.17) is 0 Å². The van der Waals surface area contributed by atoms with E-state index in [1.807, 2.05) is 60.7 Å². The van der Waals surface area contributed by atoms with Crippen LogP contribution in [0.3, 0.4) is 0 Å². The highest BCUT2D eigenvalue weighted by Crippen LogP contribution is 2.15. The molecule has 0 fully saturated rings. The Bertz CT molecular complexity index is 1010. The first-order valence-electron chi connectivity index (χ1n) is 7.04. The number of aromatic amines is 1. The molecular formula is C16H12N6O. The highest BCUT2D eigenvalue weighted by atomic mass is 16.1. The molecule has 0 amide bonds. The number of anilines is 2. The molecule has 2 heterocycles.